The Morgan fingerprint density at radius 2 is 2.05 bits per heavy atom. The fourth-order valence-electron chi connectivity index (χ4n) is 2.34. The predicted octanol–water partition coefficient (Wildman–Crippen LogP) is 0.460. The number of benzene rings is 1. The van der Waals surface area contributed by atoms with Crippen LogP contribution in [-0.2, 0) is 11.3 Å². The average Bonchev–Trinajstić information content (AvgIpc) is 2.41. The average molecular weight is 257 g/mol. The molecule has 2 aromatic rings. The van der Waals surface area contributed by atoms with E-state index in [1.165, 1.54) is 6.07 Å². The van der Waals surface area contributed by atoms with Gasteiger partial charge in [0.25, 0.3) is 0 Å². The van der Waals surface area contributed by atoms with Crippen LogP contribution in [0.1, 0.15) is 5.56 Å². The molecular formula is C14H15N3O2. The van der Waals surface area contributed by atoms with Gasteiger partial charge < -0.3 is 15.2 Å². The van der Waals surface area contributed by atoms with Crippen LogP contribution in [0.15, 0.2) is 35.1 Å². The van der Waals surface area contributed by atoms with E-state index in [4.69, 9.17) is 0 Å². The molecule has 5 nitrogen and oxygen atoms in total. The molecule has 19 heavy (non-hydrogen) atoms. The second-order valence-electron chi connectivity index (χ2n) is 4.74. The number of carbonyl (C=O) groups is 1. The second kappa shape index (κ2) is 4.85. The van der Waals surface area contributed by atoms with Crippen molar-refractivity contribution in [3.8, 4) is 0 Å². The Balaban J connectivity index is 1.87. The van der Waals surface area contributed by atoms with Gasteiger partial charge >= 0.3 is 0 Å². The number of fused-ring (bicyclic) bond motifs is 1. The zero-order valence-electron chi connectivity index (χ0n) is 10.5. The second-order valence-corrected chi connectivity index (χ2v) is 4.74. The van der Waals surface area contributed by atoms with Crippen molar-refractivity contribution in [2.45, 2.75) is 6.54 Å². The molecular weight excluding hydrogens is 242 g/mol. The Bertz CT molecular complexity index is 678. The zero-order valence-corrected chi connectivity index (χ0v) is 10.5. The topological polar surface area (TPSA) is 65.2 Å². The summed E-state index contributed by atoms with van der Waals surface area (Å²) in [6, 6.07) is 9.17. The summed E-state index contributed by atoms with van der Waals surface area (Å²) < 4.78 is 0. The molecule has 0 radical (unpaired) electrons. The highest BCUT2D eigenvalue weighted by atomic mass is 16.2. The molecule has 0 spiro atoms. The third kappa shape index (κ3) is 2.51. The van der Waals surface area contributed by atoms with Crippen molar-refractivity contribution in [2.24, 2.45) is 0 Å². The lowest BCUT2D eigenvalue weighted by atomic mass is 10.1. The minimum Gasteiger partial charge on any atom is -0.336 e. The third-order valence-electron chi connectivity index (χ3n) is 3.35. The molecule has 1 aliphatic rings. The number of rotatable bonds is 2. The fraction of sp³-hybridized carbons (Fsp3) is 0.286. The molecule has 2 N–H and O–H groups in total. The summed E-state index contributed by atoms with van der Waals surface area (Å²) in [4.78, 5) is 27.6. The molecule has 1 fully saturated rings. The SMILES string of the molecule is O=C1CNCCN1Cc1ccc2[nH]c(=O)ccc2c1. The van der Waals surface area contributed by atoms with Crippen molar-refractivity contribution in [3.63, 3.8) is 0 Å². The van der Waals surface area contributed by atoms with Crippen molar-refractivity contribution >= 4 is 16.8 Å². The van der Waals surface area contributed by atoms with Crippen molar-refractivity contribution in [1.29, 1.82) is 0 Å². The highest BCUT2D eigenvalue weighted by Crippen LogP contribution is 2.14. The van der Waals surface area contributed by atoms with E-state index < -0.39 is 0 Å². The van der Waals surface area contributed by atoms with Crippen LogP contribution in [0.4, 0.5) is 0 Å². The zero-order chi connectivity index (χ0) is 13.2. The maximum absolute atomic E-state index is 11.7. The number of nitrogens with zero attached hydrogens (tertiary/aromatic N) is 1. The molecule has 0 atom stereocenters. The highest BCUT2D eigenvalue weighted by molar-refractivity contribution is 5.80. The Hall–Kier alpha value is -2.14. The summed E-state index contributed by atoms with van der Waals surface area (Å²) >= 11 is 0. The molecule has 98 valence electrons. The molecule has 0 unspecified atom stereocenters. The normalized spacial score (nSPS) is 16.0. The quantitative estimate of drug-likeness (QED) is 0.821. The number of H-pyrrole nitrogens is 1. The van der Waals surface area contributed by atoms with Crippen molar-refractivity contribution in [2.75, 3.05) is 19.6 Å². The smallest absolute Gasteiger partial charge is 0.248 e. The fourth-order valence-corrected chi connectivity index (χ4v) is 2.34. The van der Waals surface area contributed by atoms with Crippen LogP contribution in [0.2, 0.25) is 0 Å². The summed E-state index contributed by atoms with van der Waals surface area (Å²) in [6.45, 7) is 2.62. The van der Waals surface area contributed by atoms with Gasteiger partial charge in [0.1, 0.15) is 0 Å². The number of aromatic amines is 1. The Morgan fingerprint density at radius 1 is 1.16 bits per heavy atom. The Morgan fingerprint density at radius 3 is 2.89 bits per heavy atom. The maximum atomic E-state index is 11.7. The summed E-state index contributed by atoms with van der Waals surface area (Å²) in [6.07, 6.45) is 0. The first-order valence-corrected chi connectivity index (χ1v) is 6.33. The molecule has 3 rings (SSSR count). The number of amides is 1. The summed E-state index contributed by atoms with van der Waals surface area (Å²) in [5.74, 6) is 0.132. The third-order valence-corrected chi connectivity index (χ3v) is 3.35. The lowest BCUT2D eigenvalue weighted by Gasteiger charge is -2.27. The van der Waals surface area contributed by atoms with Gasteiger partial charge in [-0.25, -0.2) is 0 Å². The molecule has 1 aromatic carbocycles. The molecule has 5 heteroatoms. The van der Waals surface area contributed by atoms with Gasteiger partial charge in [-0.15, -0.1) is 0 Å². The number of nitrogens with one attached hydrogen (secondary N) is 2. The van der Waals surface area contributed by atoms with E-state index in [0.29, 0.717) is 13.1 Å². The number of aromatic nitrogens is 1. The van der Waals surface area contributed by atoms with Crippen LogP contribution in [0.3, 0.4) is 0 Å². The van der Waals surface area contributed by atoms with E-state index >= 15 is 0 Å². The van der Waals surface area contributed by atoms with E-state index in [0.717, 1.165) is 29.6 Å². The molecule has 0 aliphatic carbocycles. The number of piperazine rings is 1. The van der Waals surface area contributed by atoms with Crippen LogP contribution in [0.5, 0.6) is 0 Å². The van der Waals surface area contributed by atoms with Crippen molar-refractivity contribution in [1.82, 2.24) is 15.2 Å². The largest absolute Gasteiger partial charge is 0.336 e. The number of pyridine rings is 1. The first kappa shape index (κ1) is 11.9. The Labute approximate surface area is 110 Å². The molecule has 0 bridgehead atoms. The van der Waals surface area contributed by atoms with E-state index in [9.17, 15) is 9.59 Å². The van der Waals surface area contributed by atoms with Gasteiger partial charge in [0.2, 0.25) is 11.5 Å². The number of hydrogen-bond donors (Lipinski definition) is 2. The van der Waals surface area contributed by atoms with Crippen molar-refractivity contribution < 1.29 is 4.79 Å². The summed E-state index contributed by atoms with van der Waals surface area (Å²) in [7, 11) is 0. The van der Waals surface area contributed by atoms with Crippen molar-refractivity contribution in [3.05, 3.63) is 46.2 Å². The first-order valence-electron chi connectivity index (χ1n) is 6.33. The molecule has 1 saturated heterocycles. The highest BCUT2D eigenvalue weighted by Gasteiger charge is 2.17. The monoisotopic (exact) mass is 257 g/mol. The van der Waals surface area contributed by atoms with Gasteiger partial charge in [-0.3, -0.25) is 9.59 Å². The maximum Gasteiger partial charge on any atom is 0.248 e. The van der Waals surface area contributed by atoms with Crippen LogP contribution in [-0.4, -0.2) is 35.4 Å². The van der Waals surface area contributed by atoms with E-state index in [-0.39, 0.29) is 11.5 Å². The lowest BCUT2D eigenvalue weighted by molar-refractivity contribution is -0.132. The Kier molecular flexibility index (Phi) is 3.05. The molecule has 1 aromatic heterocycles. The standard InChI is InChI=1S/C14H15N3O2/c18-13-4-2-11-7-10(1-3-12(11)16-13)9-17-6-5-15-8-14(17)19/h1-4,7,15H,5-6,8-9H2,(H,16,18). The van der Waals surface area contributed by atoms with E-state index in [1.54, 1.807) is 6.07 Å². The van der Waals surface area contributed by atoms with E-state index in [2.05, 4.69) is 10.3 Å². The minimum atomic E-state index is -0.0995. The number of hydrogen-bond acceptors (Lipinski definition) is 3. The summed E-state index contributed by atoms with van der Waals surface area (Å²) in [5.41, 5.74) is 1.80. The number of carbonyl (C=O) groups excluding carboxylic acids is 1. The van der Waals surface area contributed by atoms with E-state index in [1.807, 2.05) is 23.1 Å². The van der Waals surface area contributed by atoms with Gasteiger partial charge in [0.05, 0.1) is 6.54 Å². The molecule has 1 amide bonds. The van der Waals surface area contributed by atoms with Gasteiger partial charge in [-0.1, -0.05) is 6.07 Å². The molecule has 0 saturated carbocycles. The first-order chi connectivity index (χ1) is 9.22. The molecule has 1 aliphatic heterocycles. The predicted molar refractivity (Wildman–Crippen MR) is 72.9 cm³/mol. The minimum absolute atomic E-state index is 0.0995. The van der Waals surface area contributed by atoms with Crippen LogP contribution < -0.4 is 10.9 Å². The van der Waals surface area contributed by atoms with Gasteiger partial charge in [0.15, 0.2) is 0 Å². The summed E-state index contributed by atoms with van der Waals surface area (Å²) in [5, 5.41) is 4.04. The lowest BCUT2D eigenvalue weighted by Crippen LogP contribution is -2.47. The van der Waals surface area contributed by atoms with Gasteiger partial charge in [-0.05, 0) is 29.1 Å². The van der Waals surface area contributed by atoms with Crippen LogP contribution >= 0.6 is 0 Å². The van der Waals surface area contributed by atoms with Gasteiger partial charge in [-0.2, -0.15) is 0 Å². The van der Waals surface area contributed by atoms with Gasteiger partial charge in [0, 0.05) is 31.2 Å². The van der Waals surface area contributed by atoms with Crippen LogP contribution in [0, 0.1) is 0 Å². The molecule has 2 heterocycles. The van der Waals surface area contributed by atoms with Crippen LogP contribution in [0.25, 0.3) is 10.9 Å².